The normalized spacial score (nSPS) is 12.9. The van der Waals surface area contributed by atoms with Gasteiger partial charge in [-0.3, -0.25) is 0 Å². The molecule has 0 bridgehead atoms. The first-order valence-electron chi connectivity index (χ1n) is 6.05. The van der Waals surface area contributed by atoms with Crippen LogP contribution in [-0.4, -0.2) is 40.6 Å². The Morgan fingerprint density at radius 2 is 1.59 bits per heavy atom. The predicted octanol–water partition coefficient (Wildman–Crippen LogP) is 1.13. The summed E-state index contributed by atoms with van der Waals surface area (Å²) >= 11 is 0. The molecule has 0 aromatic carbocycles. The zero-order chi connectivity index (χ0) is 13.4. The van der Waals surface area contributed by atoms with Crippen molar-refractivity contribution in [1.82, 2.24) is 0 Å². The summed E-state index contributed by atoms with van der Waals surface area (Å²) in [4.78, 5) is 0. The Bertz CT molecular complexity index is 286. The topological polar surface area (TPSA) is 78.6 Å². The molecule has 0 atom stereocenters. The second-order valence-corrected chi connectivity index (χ2v) is 5.88. The van der Waals surface area contributed by atoms with E-state index in [1.54, 1.807) is 0 Å². The molecule has 0 rings (SSSR count). The molecule has 0 aliphatic heterocycles. The summed E-state index contributed by atoms with van der Waals surface area (Å²) in [6.07, 6.45) is 1.46. The fraction of sp³-hybridized carbons (Fsp3) is 1.00. The molecule has 0 unspecified atom stereocenters. The van der Waals surface area contributed by atoms with Gasteiger partial charge in [0.1, 0.15) is 0 Å². The van der Waals surface area contributed by atoms with Crippen LogP contribution in [0.1, 0.15) is 33.6 Å². The summed E-state index contributed by atoms with van der Waals surface area (Å²) in [6, 6.07) is 0. The molecule has 104 valence electrons. The zero-order valence-corrected chi connectivity index (χ0v) is 11.9. The van der Waals surface area contributed by atoms with E-state index < -0.39 is 10.0 Å². The van der Waals surface area contributed by atoms with Gasteiger partial charge in [-0.05, 0) is 19.8 Å². The lowest BCUT2D eigenvalue weighted by atomic mass is 9.85. The Balaban J connectivity index is 4.22. The van der Waals surface area contributed by atoms with Crippen molar-refractivity contribution in [2.24, 2.45) is 10.6 Å². The van der Waals surface area contributed by atoms with E-state index in [4.69, 9.17) is 14.6 Å². The van der Waals surface area contributed by atoms with Crippen molar-refractivity contribution < 1.29 is 17.9 Å². The molecular formula is C11H25NO4S. The Kier molecular flexibility index (Phi) is 7.94. The Labute approximate surface area is 105 Å². The van der Waals surface area contributed by atoms with Crippen LogP contribution in [0.4, 0.5) is 0 Å². The van der Waals surface area contributed by atoms with Crippen LogP contribution in [0, 0.1) is 5.41 Å². The predicted molar refractivity (Wildman–Crippen MR) is 68.3 cm³/mol. The summed E-state index contributed by atoms with van der Waals surface area (Å²) in [7, 11) is -3.46. The number of ether oxygens (including phenoxy) is 2. The maximum Gasteiger partial charge on any atom is 0.209 e. The van der Waals surface area contributed by atoms with Gasteiger partial charge in [0, 0.05) is 12.0 Å². The molecule has 2 N–H and O–H groups in total. The van der Waals surface area contributed by atoms with Gasteiger partial charge in [0.2, 0.25) is 10.0 Å². The molecule has 0 radical (unpaired) electrons. The molecule has 0 amide bonds. The fourth-order valence-corrected chi connectivity index (χ4v) is 3.02. The second-order valence-electron chi connectivity index (χ2n) is 4.26. The van der Waals surface area contributed by atoms with Gasteiger partial charge in [0.05, 0.1) is 25.6 Å². The van der Waals surface area contributed by atoms with Crippen molar-refractivity contribution in [2.75, 3.05) is 32.2 Å². The third kappa shape index (κ3) is 7.70. The van der Waals surface area contributed by atoms with Crippen molar-refractivity contribution in [3.05, 3.63) is 0 Å². The minimum Gasteiger partial charge on any atom is -0.379 e. The van der Waals surface area contributed by atoms with E-state index in [-0.39, 0.29) is 11.2 Å². The molecule has 0 spiro atoms. The van der Waals surface area contributed by atoms with E-state index in [2.05, 4.69) is 0 Å². The van der Waals surface area contributed by atoms with Crippen LogP contribution in [0.3, 0.4) is 0 Å². The van der Waals surface area contributed by atoms with Crippen molar-refractivity contribution in [2.45, 2.75) is 33.6 Å². The van der Waals surface area contributed by atoms with Gasteiger partial charge in [-0.2, -0.15) is 0 Å². The average molecular weight is 267 g/mol. The van der Waals surface area contributed by atoms with E-state index in [0.29, 0.717) is 26.4 Å². The van der Waals surface area contributed by atoms with Gasteiger partial charge in [-0.15, -0.1) is 0 Å². The zero-order valence-electron chi connectivity index (χ0n) is 11.1. The molecule has 0 aliphatic rings. The average Bonchev–Trinajstić information content (AvgIpc) is 2.25. The number of hydrogen-bond donors (Lipinski definition) is 1. The molecule has 17 heavy (non-hydrogen) atoms. The first kappa shape index (κ1) is 16.8. The van der Waals surface area contributed by atoms with Crippen LogP contribution in [0.25, 0.3) is 0 Å². The maximum absolute atomic E-state index is 11.2. The lowest BCUT2D eigenvalue weighted by molar-refractivity contribution is 0.0109. The Morgan fingerprint density at radius 1 is 1.06 bits per heavy atom. The highest BCUT2D eigenvalue weighted by Gasteiger charge is 2.31. The molecule has 0 fully saturated rings. The Morgan fingerprint density at radius 3 is 2.00 bits per heavy atom. The van der Waals surface area contributed by atoms with Gasteiger partial charge in [-0.1, -0.05) is 13.8 Å². The summed E-state index contributed by atoms with van der Waals surface area (Å²) in [5, 5.41) is 5.12. The lowest BCUT2D eigenvalue weighted by Crippen LogP contribution is -2.37. The molecule has 0 saturated carbocycles. The molecule has 0 saturated heterocycles. The van der Waals surface area contributed by atoms with E-state index in [0.717, 1.165) is 12.8 Å². The van der Waals surface area contributed by atoms with Crippen LogP contribution in [-0.2, 0) is 19.5 Å². The minimum atomic E-state index is -3.46. The van der Waals surface area contributed by atoms with Crippen molar-refractivity contribution >= 4 is 10.0 Å². The van der Waals surface area contributed by atoms with Crippen LogP contribution in [0.2, 0.25) is 0 Å². The number of rotatable bonds is 10. The third-order valence-corrected chi connectivity index (χ3v) is 4.01. The van der Waals surface area contributed by atoms with Crippen LogP contribution in [0.15, 0.2) is 0 Å². The van der Waals surface area contributed by atoms with Crippen LogP contribution >= 0.6 is 0 Å². The van der Waals surface area contributed by atoms with Crippen LogP contribution < -0.4 is 5.14 Å². The first-order chi connectivity index (χ1) is 7.89. The summed E-state index contributed by atoms with van der Waals surface area (Å²) < 4.78 is 33.0. The van der Waals surface area contributed by atoms with Gasteiger partial charge < -0.3 is 9.47 Å². The highest BCUT2D eigenvalue weighted by atomic mass is 32.2. The largest absolute Gasteiger partial charge is 0.379 e. The standard InChI is InChI=1S/C11H25NO4S/c1-4-11(5-2,10-17(12,13)14)9-16-8-7-15-6-3/h4-10H2,1-3H3,(H2,12,13,14). The first-order valence-corrected chi connectivity index (χ1v) is 7.76. The number of sulfonamides is 1. The molecule has 0 aromatic rings. The van der Waals surface area contributed by atoms with Crippen molar-refractivity contribution in [1.29, 1.82) is 0 Å². The highest BCUT2D eigenvalue weighted by molar-refractivity contribution is 7.89. The molecule has 0 aromatic heterocycles. The molecule has 0 aliphatic carbocycles. The fourth-order valence-electron chi connectivity index (χ4n) is 1.68. The lowest BCUT2D eigenvalue weighted by Gasteiger charge is -2.30. The van der Waals surface area contributed by atoms with E-state index in [1.165, 1.54) is 0 Å². The van der Waals surface area contributed by atoms with E-state index in [1.807, 2.05) is 20.8 Å². The van der Waals surface area contributed by atoms with Gasteiger partial charge >= 0.3 is 0 Å². The van der Waals surface area contributed by atoms with Gasteiger partial charge in [0.25, 0.3) is 0 Å². The maximum atomic E-state index is 11.2. The van der Waals surface area contributed by atoms with E-state index >= 15 is 0 Å². The smallest absolute Gasteiger partial charge is 0.209 e. The SMILES string of the molecule is CCOCCOCC(CC)(CC)CS(N)(=O)=O. The van der Waals surface area contributed by atoms with Gasteiger partial charge in [-0.25, -0.2) is 13.6 Å². The summed E-state index contributed by atoms with van der Waals surface area (Å²) in [5.74, 6) is -0.0262. The highest BCUT2D eigenvalue weighted by Crippen LogP contribution is 2.28. The second kappa shape index (κ2) is 8.02. The minimum absolute atomic E-state index is 0.0262. The number of hydrogen-bond acceptors (Lipinski definition) is 4. The summed E-state index contributed by atoms with van der Waals surface area (Å²) in [5.41, 5.74) is -0.375. The number of nitrogens with two attached hydrogens (primary N) is 1. The third-order valence-electron chi connectivity index (χ3n) is 2.99. The van der Waals surface area contributed by atoms with Gasteiger partial charge in [0.15, 0.2) is 0 Å². The van der Waals surface area contributed by atoms with E-state index in [9.17, 15) is 8.42 Å². The molecule has 6 heteroatoms. The quantitative estimate of drug-likeness (QED) is 0.602. The summed E-state index contributed by atoms with van der Waals surface area (Å²) in [6.45, 7) is 7.93. The van der Waals surface area contributed by atoms with Crippen molar-refractivity contribution in [3.8, 4) is 0 Å². The number of primary sulfonamides is 1. The Hall–Kier alpha value is -0.170. The molecule has 5 nitrogen and oxygen atoms in total. The van der Waals surface area contributed by atoms with Crippen LogP contribution in [0.5, 0.6) is 0 Å². The molecule has 0 heterocycles. The molecular weight excluding hydrogens is 242 g/mol. The monoisotopic (exact) mass is 267 g/mol. The van der Waals surface area contributed by atoms with Crippen molar-refractivity contribution in [3.63, 3.8) is 0 Å².